The number of nitrogens with two attached hydrogens (primary N) is 2. The normalized spacial score (nSPS) is 10.1. The van der Waals surface area contributed by atoms with Crippen LogP contribution in [0.2, 0.25) is 0 Å². The van der Waals surface area contributed by atoms with Crippen molar-refractivity contribution in [3.63, 3.8) is 0 Å². The van der Waals surface area contributed by atoms with Gasteiger partial charge in [-0.05, 0) is 47.5 Å². The Morgan fingerprint density at radius 3 is 2.36 bits per heavy atom. The second-order valence-electron chi connectivity index (χ2n) is 4.44. The van der Waals surface area contributed by atoms with Gasteiger partial charge in [0.2, 0.25) is 5.96 Å². The summed E-state index contributed by atoms with van der Waals surface area (Å²) in [4.78, 5) is 0. The van der Waals surface area contributed by atoms with Crippen LogP contribution in [0.1, 0.15) is 16.7 Å². The topological polar surface area (TPSA) is 110 Å². The minimum absolute atomic E-state index is 0.0846. The molecule has 110 valence electrons. The lowest BCUT2D eigenvalue weighted by Gasteiger charge is -2.06. The summed E-state index contributed by atoms with van der Waals surface area (Å²) in [7, 11) is 0. The number of guanidine groups is 1. The van der Waals surface area contributed by atoms with E-state index in [-0.39, 0.29) is 5.96 Å². The Morgan fingerprint density at radius 1 is 1.09 bits per heavy atom. The molecule has 0 spiro atoms. The molecular weight excluding hydrogens is 278 g/mol. The SMILES string of the molecule is N#Cc1ccc(COc2ccc(C=NN=C(N)N)cc2)cc1. The number of hydrogen-bond donors (Lipinski definition) is 2. The molecule has 6 nitrogen and oxygen atoms in total. The molecule has 0 aliphatic rings. The van der Waals surface area contributed by atoms with E-state index >= 15 is 0 Å². The van der Waals surface area contributed by atoms with E-state index < -0.39 is 0 Å². The molecule has 0 amide bonds. The van der Waals surface area contributed by atoms with Gasteiger partial charge in [0.1, 0.15) is 12.4 Å². The van der Waals surface area contributed by atoms with Gasteiger partial charge in [-0.1, -0.05) is 12.1 Å². The van der Waals surface area contributed by atoms with Crippen LogP contribution >= 0.6 is 0 Å². The Labute approximate surface area is 128 Å². The Kier molecular flexibility index (Phi) is 5.10. The van der Waals surface area contributed by atoms with E-state index in [0.29, 0.717) is 12.2 Å². The minimum atomic E-state index is -0.0846. The first kappa shape index (κ1) is 15.1. The van der Waals surface area contributed by atoms with Crippen LogP contribution in [0.4, 0.5) is 0 Å². The molecule has 6 heteroatoms. The molecule has 0 aliphatic heterocycles. The van der Waals surface area contributed by atoms with Crippen LogP contribution in [0.3, 0.4) is 0 Å². The molecule has 0 saturated heterocycles. The molecule has 0 aliphatic carbocycles. The molecule has 0 radical (unpaired) electrons. The van der Waals surface area contributed by atoms with E-state index in [2.05, 4.69) is 16.3 Å². The lowest BCUT2D eigenvalue weighted by atomic mass is 10.1. The summed E-state index contributed by atoms with van der Waals surface area (Å²) in [5.41, 5.74) is 12.8. The summed E-state index contributed by atoms with van der Waals surface area (Å²) in [5.74, 6) is 0.655. The van der Waals surface area contributed by atoms with Crippen molar-refractivity contribution in [2.24, 2.45) is 21.7 Å². The zero-order valence-electron chi connectivity index (χ0n) is 11.8. The van der Waals surface area contributed by atoms with Crippen LogP contribution < -0.4 is 16.2 Å². The third-order valence-corrected chi connectivity index (χ3v) is 2.75. The summed E-state index contributed by atoms with van der Waals surface area (Å²) >= 11 is 0. The predicted molar refractivity (Wildman–Crippen MR) is 85.3 cm³/mol. The fourth-order valence-corrected chi connectivity index (χ4v) is 1.65. The molecule has 0 heterocycles. The van der Waals surface area contributed by atoms with Crippen LogP contribution in [0.25, 0.3) is 0 Å². The predicted octanol–water partition coefficient (Wildman–Crippen LogP) is 1.74. The Bertz CT molecular complexity index is 708. The molecule has 0 unspecified atom stereocenters. The summed E-state index contributed by atoms with van der Waals surface area (Å²) in [6, 6.07) is 16.7. The van der Waals surface area contributed by atoms with Crippen LogP contribution in [-0.2, 0) is 6.61 Å². The molecule has 22 heavy (non-hydrogen) atoms. The van der Waals surface area contributed by atoms with E-state index in [0.717, 1.165) is 16.9 Å². The molecule has 0 atom stereocenters. The third kappa shape index (κ3) is 4.65. The maximum atomic E-state index is 8.74. The van der Waals surface area contributed by atoms with Crippen molar-refractivity contribution in [2.45, 2.75) is 6.61 Å². The number of nitrogens with zero attached hydrogens (tertiary/aromatic N) is 3. The second kappa shape index (κ2) is 7.45. The quantitative estimate of drug-likeness (QED) is 0.497. The van der Waals surface area contributed by atoms with Crippen LogP contribution in [0.15, 0.2) is 58.7 Å². The van der Waals surface area contributed by atoms with Crippen molar-refractivity contribution >= 4 is 12.2 Å². The van der Waals surface area contributed by atoms with E-state index in [4.69, 9.17) is 21.5 Å². The molecule has 4 N–H and O–H groups in total. The molecule has 2 rings (SSSR count). The number of nitriles is 1. The maximum absolute atomic E-state index is 8.74. The first-order chi connectivity index (χ1) is 10.7. The monoisotopic (exact) mass is 293 g/mol. The molecule has 0 aromatic heterocycles. The third-order valence-electron chi connectivity index (χ3n) is 2.75. The van der Waals surface area contributed by atoms with E-state index in [1.807, 2.05) is 36.4 Å². The van der Waals surface area contributed by atoms with E-state index in [9.17, 15) is 0 Å². The highest BCUT2D eigenvalue weighted by Crippen LogP contribution is 2.14. The fraction of sp³-hybridized carbons (Fsp3) is 0.0625. The van der Waals surface area contributed by atoms with Gasteiger partial charge in [0.25, 0.3) is 0 Å². The zero-order chi connectivity index (χ0) is 15.8. The lowest BCUT2D eigenvalue weighted by Crippen LogP contribution is -2.21. The fourth-order valence-electron chi connectivity index (χ4n) is 1.65. The summed E-state index contributed by atoms with van der Waals surface area (Å²) in [6.07, 6.45) is 1.55. The van der Waals surface area contributed by atoms with Gasteiger partial charge in [-0.25, -0.2) is 0 Å². The average molecular weight is 293 g/mol. The van der Waals surface area contributed by atoms with Gasteiger partial charge < -0.3 is 16.2 Å². The summed E-state index contributed by atoms with van der Waals surface area (Å²) < 4.78 is 5.67. The lowest BCUT2D eigenvalue weighted by molar-refractivity contribution is 0.306. The average Bonchev–Trinajstić information content (AvgIpc) is 2.54. The standard InChI is InChI=1S/C16H15N5O/c17-9-12-1-3-14(4-2-12)11-22-15-7-5-13(6-8-15)10-20-21-16(18)19/h1-8,10H,11H2,(H4,18,19,21). The first-order valence-electron chi connectivity index (χ1n) is 6.51. The van der Waals surface area contributed by atoms with Crippen molar-refractivity contribution in [1.82, 2.24) is 0 Å². The van der Waals surface area contributed by atoms with Crippen LogP contribution in [-0.4, -0.2) is 12.2 Å². The van der Waals surface area contributed by atoms with E-state index in [1.54, 1.807) is 18.3 Å². The first-order valence-corrected chi connectivity index (χ1v) is 6.51. The van der Waals surface area contributed by atoms with Crippen LogP contribution in [0, 0.1) is 11.3 Å². The van der Waals surface area contributed by atoms with Crippen LogP contribution in [0.5, 0.6) is 5.75 Å². The van der Waals surface area contributed by atoms with Gasteiger partial charge >= 0.3 is 0 Å². The largest absolute Gasteiger partial charge is 0.489 e. The van der Waals surface area contributed by atoms with Gasteiger partial charge in [-0.15, -0.1) is 5.10 Å². The summed E-state index contributed by atoms with van der Waals surface area (Å²) in [5, 5.41) is 16.0. The van der Waals surface area contributed by atoms with Gasteiger partial charge in [-0.2, -0.15) is 10.4 Å². The highest BCUT2D eigenvalue weighted by Gasteiger charge is 1.97. The highest BCUT2D eigenvalue weighted by atomic mass is 16.5. The minimum Gasteiger partial charge on any atom is -0.489 e. The molecule has 0 saturated carbocycles. The molecule has 2 aromatic rings. The van der Waals surface area contributed by atoms with Crippen molar-refractivity contribution in [1.29, 1.82) is 5.26 Å². The van der Waals surface area contributed by atoms with Gasteiger partial charge in [0, 0.05) is 0 Å². The Balaban J connectivity index is 1.92. The molecule has 0 fully saturated rings. The second-order valence-corrected chi connectivity index (χ2v) is 4.44. The maximum Gasteiger partial charge on any atom is 0.211 e. The smallest absolute Gasteiger partial charge is 0.211 e. The summed E-state index contributed by atoms with van der Waals surface area (Å²) in [6.45, 7) is 0.438. The molecular formula is C16H15N5O. The van der Waals surface area contributed by atoms with E-state index in [1.165, 1.54) is 0 Å². The molecule has 0 bridgehead atoms. The van der Waals surface area contributed by atoms with Crippen molar-refractivity contribution in [2.75, 3.05) is 0 Å². The van der Waals surface area contributed by atoms with Crippen molar-refractivity contribution < 1.29 is 4.74 Å². The number of rotatable bonds is 5. The van der Waals surface area contributed by atoms with Crippen molar-refractivity contribution in [3.05, 3.63) is 65.2 Å². The Morgan fingerprint density at radius 2 is 1.77 bits per heavy atom. The number of benzene rings is 2. The zero-order valence-corrected chi connectivity index (χ0v) is 11.8. The molecule has 2 aromatic carbocycles. The van der Waals surface area contributed by atoms with Gasteiger partial charge in [-0.3, -0.25) is 0 Å². The highest BCUT2D eigenvalue weighted by molar-refractivity contribution is 5.81. The van der Waals surface area contributed by atoms with Crippen molar-refractivity contribution in [3.8, 4) is 11.8 Å². The van der Waals surface area contributed by atoms with Gasteiger partial charge in [0.05, 0.1) is 17.8 Å². The number of hydrogen-bond acceptors (Lipinski definition) is 4. The van der Waals surface area contributed by atoms with Gasteiger partial charge in [0.15, 0.2) is 0 Å². The Hall–Kier alpha value is -3.33. The number of ether oxygens (including phenoxy) is 1.